The van der Waals surface area contributed by atoms with Crippen LogP contribution in [0.5, 0.6) is 0 Å². The van der Waals surface area contributed by atoms with Gasteiger partial charge in [0.05, 0.1) is 9.26 Å². The van der Waals surface area contributed by atoms with Crippen molar-refractivity contribution in [3.63, 3.8) is 0 Å². The van der Waals surface area contributed by atoms with Crippen LogP contribution < -0.4 is 5.32 Å². The SMILES string of the molecule is CCNc1nc(C(OC)C(C)C)nc(C2CC2)c1I. The predicted molar refractivity (Wildman–Crippen MR) is 85.5 cm³/mol. The molecule has 1 saturated carbocycles. The van der Waals surface area contributed by atoms with Crippen LogP contribution in [0.4, 0.5) is 5.82 Å². The highest BCUT2D eigenvalue weighted by Gasteiger charge is 2.31. The topological polar surface area (TPSA) is 47.0 Å². The van der Waals surface area contributed by atoms with Crippen LogP contribution in [-0.4, -0.2) is 23.6 Å². The summed E-state index contributed by atoms with van der Waals surface area (Å²) >= 11 is 2.36. The van der Waals surface area contributed by atoms with Crippen LogP contribution in [0.2, 0.25) is 0 Å². The van der Waals surface area contributed by atoms with E-state index in [9.17, 15) is 0 Å². The Morgan fingerprint density at radius 1 is 1.37 bits per heavy atom. The molecule has 0 spiro atoms. The monoisotopic (exact) mass is 375 g/mol. The van der Waals surface area contributed by atoms with Gasteiger partial charge in [-0.2, -0.15) is 0 Å². The van der Waals surface area contributed by atoms with Crippen molar-refractivity contribution >= 4 is 28.4 Å². The molecule has 0 aromatic carbocycles. The average molecular weight is 375 g/mol. The summed E-state index contributed by atoms with van der Waals surface area (Å²) in [6.45, 7) is 7.24. The van der Waals surface area contributed by atoms with Crippen LogP contribution in [0.3, 0.4) is 0 Å². The van der Waals surface area contributed by atoms with Crippen LogP contribution in [-0.2, 0) is 4.74 Å². The second-order valence-corrected chi connectivity index (χ2v) is 6.41. The molecule has 1 aliphatic rings. The van der Waals surface area contributed by atoms with Crippen LogP contribution >= 0.6 is 22.6 Å². The molecule has 19 heavy (non-hydrogen) atoms. The number of rotatable bonds is 6. The van der Waals surface area contributed by atoms with E-state index in [1.807, 2.05) is 0 Å². The fourth-order valence-electron chi connectivity index (χ4n) is 2.20. The fraction of sp³-hybridized carbons (Fsp3) is 0.714. The number of aromatic nitrogens is 2. The molecule has 5 heteroatoms. The Kier molecular flexibility index (Phi) is 5.00. The van der Waals surface area contributed by atoms with Crippen molar-refractivity contribution < 1.29 is 4.74 Å². The van der Waals surface area contributed by atoms with Crippen molar-refractivity contribution in [2.75, 3.05) is 19.0 Å². The molecule has 4 nitrogen and oxygen atoms in total. The van der Waals surface area contributed by atoms with E-state index in [1.54, 1.807) is 7.11 Å². The number of halogens is 1. The Labute approximate surface area is 128 Å². The Morgan fingerprint density at radius 2 is 2.05 bits per heavy atom. The molecule has 1 aromatic heterocycles. The van der Waals surface area contributed by atoms with Crippen molar-refractivity contribution in [3.8, 4) is 0 Å². The Bertz CT molecular complexity index is 447. The van der Waals surface area contributed by atoms with E-state index in [-0.39, 0.29) is 6.10 Å². The molecule has 1 aromatic rings. The van der Waals surface area contributed by atoms with Gasteiger partial charge in [-0.15, -0.1) is 0 Å². The Morgan fingerprint density at radius 3 is 2.53 bits per heavy atom. The maximum Gasteiger partial charge on any atom is 0.160 e. The predicted octanol–water partition coefficient (Wildman–Crippen LogP) is 3.73. The first-order valence-electron chi connectivity index (χ1n) is 6.92. The van der Waals surface area contributed by atoms with E-state index in [0.717, 1.165) is 18.2 Å². The van der Waals surface area contributed by atoms with Crippen LogP contribution in [0, 0.1) is 9.49 Å². The smallest absolute Gasteiger partial charge is 0.160 e. The third-order valence-corrected chi connectivity index (χ3v) is 4.38. The molecule has 1 unspecified atom stereocenters. The number of hydrogen-bond donors (Lipinski definition) is 1. The highest BCUT2D eigenvalue weighted by molar-refractivity contribution is 14.1. The van der Waals surface area contributed by atoms with Gasteiger partial charge in [0.15, 0.2) is 5.82 Å². The molecule has 2 rings (SSSR count). The normalized spacial score (nSPS) is 16.7. The number of ether oxygens (including phenoxy) is 1. The first kappa shape index (κ1) is 15.0. The van der Waals surface area contributed by atoms with Gasteiger partial charge in [-0.25, -0.2) is 9.97 Å². The lowest BCUT2D eigenvalue weighted by molar-refractivity contribution is 0.0573. The van der Waals surface area contributed by atoms with Gasteiger partial charge in [0.25, 0.3) is 0 Å². The van der Waals surface area contributed by atoms with Crippen molar-refractivity contribution in [1.29, 1.82) is 0 Å². The molecule has 1 N–H and O–H groups in total. The molecule has 0 aliphatic heterocycles. The number of nitrogens with one attached hydrogen (secondary N) is 1. The van der Waals surface area contributed by atoms with Crippen molar-refractivity contribution in [3.05, 3.63) is 15.1 Å². The van der Waals surface area contributed by atoms with Crippen LogP contribution in [0.15, 0.2) is 0 Å². The third kappa shape index (κ3) is 3.37. The van der Waals surface area contributed by atoms with E-state index in [1.165, 1.54) is 22.1 Å². The number of hydrogen-bond acceptors (Lipinski definition) is 4. The van der Waals surface area contributed by atoms with E-state index in [4.69, 9.17) is 9.72 Å². The minimum Gasteiger partial charge on any atom is -0.373 e. The van der Waals surface area contributed by atoms with E-state index in [2.05, 4.69) is 53.7 Å². The first-order chi connectivity index (χ1) is 9.08. The molecular weight excluding hydrogens is 353 g/mol. The quantitative estimate of drug-likeness (QED) is 0.770. The fourth-order valence-corrected chi connectivity index (χ4v) is 3.07. The third-order valence-electron chi connectivity index (χ3n) is 3.32. The molecule has 1 heterocycles. The molecule has 1 aliphatic carbocycles. The van der Waals surface area contributed by atoms with Gasteiger partial charge < -0.3 is 10.1 Å². The summed E-state index contributed by atoms with van der Waals surface area (Å²) < 4.78 is 6.74. The Balaban J connectivity index is 2.42. The van der Waals surface area contributed by atoms with Gasteiger partial charge in [0, 0.05) is 19.6 Å². The van der Waals surface area contributed by atoms with Gasteiger partial charge in [-0.3, -0.25) is 0 Å². The summed E-state index contributed by atoms with van der Waals surface area (Å²) in [5.74, 6) is 2.76. The molecule has 1 fully saturated rings. The lowest BCUT2D eigenvalue weighted by Gasteiger charge is -2.20. The van der Waals surface area contributed by atoms with E-state index < -0.39 is 0 Å². The molecule has 0 radical (unpaired) electrons. The molecule has 1 atom stereocenters. The molecule has 0 amide bonds. The standard InChI is InChI=1S/C14H22IN3O/c1-5-16-13-10(15)11(9-6-7-9)17-14(18-13)12(19-4)8(2)3/h8-9,12H,5-7H2,1-4H3,(H,16,17,18). The van der Waals surface area contributed by atoms with Gasteiger partial charge in [-0.1, -0.05) is 13.8 Å². The lowest BCUT2D eigenvalue weighted by Crippen LogP contribution is -2.17. The van der Waals surface area contributed by atoms with Crippen LogP contribution in [0.1, 0.15) is 57.2 Å². The second kappa shape index (κ2) is 6.35. The van der Waals surface area contributed by atoms with Gasteiger partial charge in [0.1, 0.15) is 11.9 Å². The molecule has 0 saturated heterocycles. The minimum atomic E-state index is -0.0353. The lowest BCUT2D eigenvalue weighted by atomic mass is 10.1. The van der Waals surface area contributed by atoms with E-state index >= 15 is 0 Å². The van der Waals surface area contributed by atoms with E-state index in [0.29, 0.717) is 11.8 Å². The highest BCUT2D eigenvalue weighted by atomic mass is 127. The average Bonchev–Trinajstić information content (AvgIpc) is 3.17. The maximum absolute atomic E-state index is 5.57. The maximum atomic E-state index is 5.57. The number of nitrogens with zero attached hydrogens (tertiary/aromatic N) is 2. The van der Waals surface area contributed by atoms with Crippen LogP contribution in [0.25, 0.3) is 0 Å². The largest absolute Gasteiger partial charge is 0.373 e. The van der Waals surface area contributed by atoms with Crippen molar-refractivity contribution in [2.45, 2.75) is 45.6 Å². The van der Waals surface area contributed by atoms with Crippen molar-refractivity contribution in [2.24, 2.45) is 5.92 Å². The summed E-state index contributed by atoms with van der Waals surface area (Å²) in [7, 11) is 1.73. The zero-order valence-electron chi connectivity index (χ0n) is 12.0. The summed E-state index contributed by atoms with van der Waals surface area (Å²) in [6.07, 6.45) is 2.46. The van der Waals surface area contributed by atoms with Gasteiger partial charge >= 0.3 is 0 Å². The zero-order chi connectivity index (χ0) is 14.0. The Hall–Kier alpha value is -0.430. The summed E-state index contributed by atoms with van der Waals surface area (Å²) in [4.78, 5) is 9.46. The number of methoxy groups -OCH3 is 1. The first-order valence-corrected chi connectivity index (χ1v) is 8.00. The summed E-state index contributed by atoms with van der Waals surface area (Å²) in [6, 6.07) is 0. The number of anilines is 1. The molecular formula is C14H22IN3O. The van der Waals surface area contributed by atoms with Gasteiger partial charge in [0.2, 0.25) is 0 Å². The summed E-state index contributed by atoms with van der Waals surface area (Å²) in [5, 5.41) is 3.34. The molecule has 0 bridgehead atoms. The highest BCUT2D eigenvalue weighted by Crippen LogP contribution is 2.43. The van der Waals surface area contributed by atoms with Crippen molar-refractivity contribution in [1.82, 2.24) is 9.97 Å². The summed E-state index contributed by atoms with van der Waals surface area (Å²) in [5.41, 5.74) is 1.20. The molecule has 106 valence electrons. The van der Waals surface area contributed by atoms with Gasteiger partial charge in [-0.05, 0) is 48.3 Å². The minimum absolute atomic E-state index is 0.0353. The second-order valence-electron chi connectivity index (χ2n) is 5.33. The zero-order valence-corrected chi connectivity index (χ0v) is 14.2.